The van der Waals surface area contributed by atoms with Gasteiger partial charge in [-0.25, -0.2) is 0 Å². The zero-order valence-corrected chi connectivity index (χ0v) is 11.1. The zero-order valence-electron chi connectivity index (χ0n) is 11.1. The fourth-order valence-electron chi connectivity index (χ4n) is 2.11. The summed E-state index contributed by atoms with van der Waals surface area (Å²) in [6.07, 6.45) is 3.55. The molecule has 0 aliphatic carbocycles. The Hall–Kier alpha value is -1.68. The standard InChI is InChI=1S/C14H19N3O/c1-4-17-13(6-11(3)16-17)7-14(18)12-5-10(2)8-15-9-12/h5-6,8-9,14,18H,4,7H2,1-3H3. The summed E-state index contributed by atoms with van der Waals surface area (Å²) in [5.41, 5.74) is 3.97. The number of aromatic nitrogens is 3. The number of nitrogens with zero attached hydrogens (tertiary/aromatic N) is 3. The van der Waals surface area contributed by atoms with E-state index in [0.29, 0.717) is 6.42 Å². The van der Waals surface area contributed by atoms with Crippen LogP contribution in [-0.2, 0) is 13.0 Å². The van der Waals surface area contributed by atoms with Crippen LogP contribution in [0.4, 0.5) is 0 Å². The first-order valence-electron chi connectivity index (χ1n) is 6.23. The van der Waals surface area contributed by atoms with Gasteiger partial charge in [-0.1, -0.05) is 6.07 Å². The van der Waals surface area contributed by atoms with Gasteiger partial charge >= 0.3 is 0 Å². The smallest absolute Gasteiger partial charge is 0.0860 e. The van der Waals surface area contributed by atoms with E-state index < -0.39 is 6.10 Å². The van der Waals surface area contributed by atoms with E-state index >= 15 is 0 Å². The molecule has 2 rings (SSSR count). The van der Waals surface area contributed by atoms with Crippen molar-refractivity contribution in [2.24, 2.45) is 0 Å². The molecule has 96 valence electrons. The van der Waals surface area contributed by atoms with Crippen LogP contribution in [0.25, 0.3) is 0 Å². The molecular weight excluding hydrogens is 226 g/mol. The molecule has 1 unspecified atom stereocenters. The van der Waals surface area contributed by atoms with Gasteiger partial charge in [-0.2, -0.15) is 5.10 Å². The summed E-state index contributed by atoms with van der Waals surface area (Å²) < 4.78 is 1.93. The number of aliphatic hydroxyl groups excluding tert-OH is 1. The van der Waals surface area contributed by atoms with Crippen LogP contribution in [0, 0.1) is 13.8 Å². The largest absolute Gasteiger partial charge is 0.388 e. The molecular formula is C14H19N3O. The lowest BCUT2D eigenvalue weighted by atomic mass is 10.1. The van der Waals surface area contributed by atoms with Crippen LogP contribution >= 0.6 is 0 Å². The van der Waals surface area contributed by atoms with Crippen LogP contribution in [0.1, 0.15) is 35.5 Å². The molecule has 18 heavy (non-hydrogen) atoms. The van der Waals surface area contributed by atoms with Crippen LogP contribution in [0.15, 0.2) is 24.5 Å². The van der Waals surface area contributed by atoms with Gasteiger partial charge in [0.2, 0.25) is 0 Å². The fourth-order valence-corrected chi connectivity index (χ4v) is 2.11. The summed E-state index contributed by atoms with van der Waals surface area (Å²) in [5.74, 6) is 0. The van der Waals surface area contributed by atoms with Gasteiger partial charge in [0.05, 0.1) is 11.8 Å². The Bertz CT molecular complexity index is 534. The molecule has 0 fully saturated rings. The van der Waals surface area contributed by atoms with E-state index in [9.17, 15) is 5.11 Å². The van der Waals surface area contributed by atoms with Crippen LogP contribution < -0.4 is 0 Å². The average Bonchev–Trinajstić information content (AvgIpc) is 2.69. The molecule has 2 aromatic rings. The highest BCUT2D eigenvalue weighted by Crippen LogP contribution is 2.19. The van der Waals surface area contributed by atoms with Crippen LogP contribution in [-0.4, -0.2) is 19.9 Å². The van der Waals surface area contributed by atoms with Crippen molar-refractivity contribution < 1.29 is 5.11 Å². The lowest BCUT2D eigenvalue weighted by molar-refractivity contribution is 0.175. The second-order valence-electron chi connectivity index (χ2n) is 4.61. The second kappa shape index (κ2) is 5.31. The molecule has 4 nitrogen and oxygen atoms in total. The molecule has 1 atom stereocenters. The number of pyridine rings is 1. The lowest BCUT2D eigenvalue weighted by Crippen LogP contribution is -2.08. The summed E-state index contributed by atoms with van der Waals surface area (Å²) in [5, 5.41) is 14.6. The number of aryl methyl sites for hydroxylation is 3. The van der Waals surface area contributed by atoms with Crippen LogP contribution in [0.2, 0.25) is 0 Å². The van der Waals surface area contributed by atoms with Gasteiger partial charge in [0.1, 0.15) is 0 Å². The predicted octanol–water partition coefficient (Wildman–Crippen LogP) is 2.19. The molecule has 0 amide bonds. The van der Waals surface area contributed by atoms with E-state index in [-0.39, 0.29) is 0 Å². The molecule has 0 aliphatic rings. The van der Waals surface area contributed by atoms with Gasteiger partial charge in [0, 0.05) is 31.1 Å². The number of hydrogen-bond donors (Lipinski definition) is 1. The van der Waals surface area contributed by atoms with E-state index in [4.69, 9.17) is 0 Å². The molecule has 0 spiro atoms. The minimum Gasteiger partial charge on any atom is -0.388 e. The van der Waals surface area contributed by atoms with E-state index in [2.05, 4.69) is 17.0 Å². The molecule has 4 heteroatoms. The van der Waals surface area contributed by atoms with Gasteiger partial charge in [-0.15, -0.1) is 0 Å². The molecule has 0 radical (unpaired) electrons. The van der Waals surface area contributed by atoms with E-state index in [1.807, 2.05) is 30.7 Å². The van der Waals surface area contributed by atoms with E-state index in [0.717, 1.165) is 29.1 Å². The van der Waals surface area contributed by atoms with Gasteiger partial charge in [-0.3, -0.25) is 9.67 Å². The maximum absolute atomic E-state index is 10.2. The minimum atomic E-state index is -0.529. The van der Waals surface area contributed by atoms with Gasteiger partial charge in [0.25, 0.3) is 0 Å². The maximum Gasteiger partial charge on any atom is 0.0860 e. The monoisotopic (exact) mass is 245 g/mol. The Morgan fingerprint density at radius 2 is 2.06 bits per heavy atom. The Kier molecular flexibility index (Phi) is 3.77. The molecule has 2 heterocycles. The van der Waals surface area contributed by atoms with Crippen molar-refractivity contribution in [3.05, 3.63) is 47.0 Å². The Labute approximate surface area is 107 Å². The summed E-state index contributed by atoms with van der Waals surface area (Å²) in [6, 6.07) is 3.99. The van der Waals surface area contributed by atoms with Gasteiger partial charge in [-0.05, 0) is 38.0 Å². The molecule has 0 aliphatic heterocycles. The van der Waals surface area contributed by atoms with Crippen molar-refractivity contribution >= 4 is 0 Å². The van der Waals surface area contributed by atoms with E-state index in [1.54, 1.807) is 12.4 Å². The minimum absolute atomic E-state index is 0.529. The van der Waals surface area contributed by atoms with Crippen molar-refractivity contribution in [3.63, 3.8) is 0 Å². The topological polar surface area (TPSA) is 50.9 Å². The van der Waals surface area contributed by atoms with Crippen molar-refractivity contribution in [3.8, 4) is 0 Å². The Morgan fingerprint density at radius 3 is 2.72 bits per heavy atom. The van der Waals surface area contributed by atoms with Crippen LogP contribution in [0.3, 0.4) is 0 Å². The highest BCUT2D eigenvalue weighted by atomic mass is 16.3. The highest BCUT2D eigenvalue weighted by Gasteiger charge is 2.13. The first kappa shape index (κ1) is 12.8. The fraction of sp³-hybridized carbons (Fsp3) is 0.429. The first-order chi connectivity index (χ1) is 8.60. The zero-order chi connectivity index (χ0) is 13.1. The lowest BCUT2D eigenvalue weighted by Gasteiger charge is -2.12. The van der Waals surface area contributed by atoms with Crippen molar-refractivity contribution in [2.75, 3.05) is 0 Å². The van der Waals surface area contributed by atoms with Gasteiger partial charge < -0.3 is 5.11 Å². The molecule has 0 saturated carbocycles. The Morgan fingerprint density at radius 1 is 1.28 bits per heavy atom. The van der Waals surface area contributed by atoms with Crippen molar-refractivity contribution in [1.82, 2.24) is 14.8 Å². The third kappa shape index (κ3) is 2.76. The normalized spacial score (nSPS) is 12.7. The van der Waals surface area contributed by atoms with Gasteiger partial charge in [0.15, 0.2) is 0 Å². The quantitative estimate of drug-likeness (QED) is 0.898. The molecule has 2 aromatic heterocycles. The number of aliphatic hydroxyl groups is 1. The summed E-state index contributed by atoms with van der Waals surface area (Å²) in [4.78, 5) is 4.11. The van der Waals surface area contributed by atoms with Crippen molar-refractivity contribution in [1.29, 1.82) is 0 Å². The summed E-state index contributed by atoms with van der Waals surface area (Å²) >= 11 is 0. The Balaban J connectivity index is 2.18. The summed E-state index contributed by atoms with van der Waals surface area (Å²) in [6.45, 7) is 6.82. The molecule has 0 saturated heterocycles. The maximum atomic E-state index is 10.2. The third-order valence-corrected chi connectivity index (χ3v) is 2.97. The first-order valence-corrected chi connectivity index (χ1v) is 6.23. The molecule has 0 bridgehead atoms. The third-order valence-electron chi connectivity index (χ3n) is 2.97. The highest BCUT2D eigenvalue weighted by molar-refractivity contribution is 5.21. The van der Waals surface area contributed by atoms with Crippen LogP contribution in [0.5, 0.6) is 0 Å². The van der Waals surface area contributed by atoms with Crippen molar-refractivity contribution in [2.45, 2.75) is 39.8 Å². The number of rotatable bonds is 4. The molecule has 0 aromatic carbocycles. The molecule has 1 N–H and O–H groups in total. The average molecular weight is 245 g/mol. The summed E-state index contributed by atoms with van der Waals surface area (Å²) in [7, 11) is 0. The SMILES string of the molecule is CCn1nc(C)cc1CC(O)c1cncc(C)c1. The second-order valence-corrected chi connectivity index (χ2v) is 4.61. The predicted molar refractivity (Wildman–Crippen MR) is 70.3 cm³/mol. The van der Waals surface area contributed by atoms with E-state index in [1.165, 1.54) is 0 Å². The number of hydrogen-bond acceptors (Lipinski definition) is 3.